The van der Waals surface area contributed by atoms with Crippen molar-refractivity contribution in [3.05, 3.63) is 33.7 Å². The van der Waals surface area contributed by atoms with E-state index in [-0.39, 0.29) is 5.95 Å². The number of nitrogens with two attached hydrogens (primary N) is 1. The number of rotatable bonds is 7. The van der Waals surface area contributed by atoms with Crippen LogP contribution in [0.3, 0.4) is 0 Å². The van der Waals surface area contributed by atoms with Crippen LogP contribution in [-0.2, 0) is 0 Å². The third kappa shape index (κ3) is 4.39. The topological polar surface area (TPSA) is 100 Å². The molecule has 10 heteroatoms. The van der Waals surface area contributed by atoms with Crippen LogP contribution in [0.25, 0.3) is 27.5 Å². The number of anilines is 1. The Morgan fingerprint density at radius 2 is 1.72 bits per heavy atom. The molecule has 0 aliphatic rings. The minimum atomic E-state index is 0.148. The highest BCUT2D eigenvalue weighted by Gasteiger charge is 2.18. The first-order chi connectivity index (χ1) is 13.8. The van der Waals surface area contributed by atoms with Crippen molar-refractivity contribution in [3.8, 4) is 22.8 Å². The Morgan fingerprint density at radius 3 is 2.31 bits per heavy atom. The molecule has 0 saturated carbocycles. The van der Waals surface area contributed by atoms with Crippen molar-refractivity contribution in [1.29, 1.82) is 0 Å². The number of aromatic nitrogens is 3. The Hall–Kier alpha value is -2.55. The number of pyridine rings is 1. The van der Waals surface area contributed by atoms with E-state index in [0.29, 0.717) is 56.1 Å². The van der Waals surface area contributed by atoms with Gasteiger partial charge in [0.25, 0.3) is 0 Å². The minimum Gasteiger partial charge on any atom is -0.495 e. The average molecular weight is 436 g/mol. The van der Waals surface area contributed by atoms with Gasteiger partial charge in [0.15, 0.2) is 0 Å². The molecule has 0 atom stereocenters. The van der Waals surface area contributed by atoms with E-state index in [4.69, 9.17) is 38.4 Å². The zero-order valence-corrected chi connectivity index (χ0v) is 18.0. The SMILES string of the molecule is COc1cc(OC)c(Cl)c(-c2cc3cnc(N)nc3c([N-]CCN(C)C)n2)c1Cl. The molecule has 1 aromatic carbocycles. The lowest BCUT2D eigenvalue weighted by Gasteiger charge is -2.23. The number of hydrogen-bond acceptors (Lipinski definition) is 7. The molecule has 0 unspecified atom stereocenters. The Labute approximate surface area is 179 Å². The highest BCUT2D eigenvalue weighted by atomic mass is 35.5. The second-order valence-corrected chi connectivity index (χ2v) is 7.22. The standard InChI is InChI=1S/C19H21Cl2N6O2/c1-27(2)6-5-23-18-17-10(9-24-19(22)26-17)7-11(25-18)14-15(20)12(28-3)8-13(29-4)16(14)21/h7-9H,5-6H2,1-4H3,(H2-,22,23,24,25,26)/q-1. The van der Waals surface area contributed by atoms with E-state index < -0.39 is 0 Å². The van der Waals surface area contributed by atoms with E-state index in [1.165, 1.54) is 14.2 Å². The molecule has 3 rings (SSSR count). The zero-order chi connectivity index (χ0) is 21.1. The van der Waals surface area contributed by atoms with Crippen molar-refractivity contribution in [2.75, 3.05) is 47.1 Å². The van der Waals surface area contributed by atoms with Crippen LogP contribution in [0.1, 0.15) is 0 Å². The molecule has 0 fully saturated rings. The van der Waals surface area contributed by atoms with Gasteiger partial charge in [-0.3, -0.25) is 0 Å². The van der Waals surface area contributed by atoms with Gasteiger partial charge in [-0.05, 0) is 44.8 Å². The molecule has 0 bridgehead atoms. The maximum Gasteiger partial charge on any atom is 0.220 e. The van der Waals surface area contributed by atoms with Gasteiger partial charge in [0, 0.05) is 23.2 Å². The summed E-state index contributed by atoms with van der Waals surface area (Å²) >= 11 is 13.1. The summed E-state index contributed by atoms with van der Waals surface area (Å²) in [7, 11) is 6.98. The zero-order valence-electron chi connectivity index (χ0n) is 16.5. The highest BCUT2D eigenvalue weighted by Crippen LogP contribution is 2.46. The fourth-order valence-corrected chi connectivity index (χ4v) is 3.44. The fraction of sp³-hybridized carbons (Fsp3) is 0.316. The maximum atomic E-state index is 6.56. The minimum absolute atomic E-state index is 0.148. The molecule has 8 nitrogen and oxygen atoms in total. The molecule has 2 heterocycles. The van der Waals surface area contributed by atoms with Crippen molar-refractivity contribution in [2.24, 2.45) is 0 Å². The number of hydrogen-bond donors (Lipinski definition) is 1. The maximum absolute atomic E-state index is 6.56. The lowest BCUT2D eigenvalue weighted by atomic mass is 10.1. The Morgan fingerprint density at radius 1 is 1.07 bits per heavy atom. The quantitative estimate of drug-likeness (QED) is 0.593. The molecule has 0 aliphatic heterocycles. The summed E-state index contributed by atoms with van der Waals surface area (Å²) in [4.78, 5) is 15.1. The van der Waals surface area contributed by atoms with E-state index in [0.717, 1.165) is 6.54 Å². The number of methoxy groups -OCH3 is 2. The largest absolute Gasteiger partial charge is 0.495 e. The lowest BCUT2D eigenvalue weighted by molar-refractivity contribution is 0.395. The van der Waals surface area contributed by atoms with Crippen LogP contribution in [0.2, 0.25) is 10.0 Å². The molecule has 0 radical (unpaired) electrons. The highest BCUT2D eigenvalue weighted by molar-refractivity contribution is 6.41. The summed E-state index contributed by atoms with van der Waals surface area (Å²) in [6, 6.07) is 3.41. The summed E-state index contributed by atoms with van der Waals surface area (Å²) in [6.45, 7) is 1.29. The lowest BCUT2D eigenvalue weighted by Crippen LogP contribution is -2.15. The van der Waals surface area contributed by atoms with E-state index >= 15 is 0 Å². The van der Waals surface area contributed by atoms with Crippen molar-refractivity contribution in [3.63, 3.8) is 0 Å². The molecule has 154 valence electrons. The molecule has 29 heavy (non-hydrogen) atoms. The first-order valence-electron chi connectivity index (χ1n) is 8.71. The van der Waals surface area contributed by atoms with E-state index in [2.05, 4.69) is 20.3 Å². The second-order valence-electron chi connectivity index (χ2n) is 6.47. The molecular weight excluding hydrogens is 415 g/mol. The summed E-state index contributed by atoms with van der Waals surface area (Å²) in [5.41, 5.74) is 7.31. The molecular formula is C19H21Cl2N6O2-. The van der Waals surface area contributed by atoms with E-state index in [9.17, 15) is 0 Å². The van der Waals surface area contributed by atoms with Crippen LogP contribution >= 0.6 is 23.2 Å². The van der Waals surface area contributed by atoms with Gasteiger partial charge in [0.05, 0.1) is 29.8 Å². The van der Waals surface area contributed by atoms with Crippen molar-refractivity contribution in [1.82, 2.24) is 19.9 Å². The van der Waals surface area contributed by atoms with Crippen LogP contribution in [0, 0.1) is 0 Å². The number of nitrogen functional groups attached to an aromatic ring is 1. The predicted octanol–water partition coefficient (Wildman–Crippen LogP) is 4.16. The number of likely N-dealkylation sites (N-methyl/N-ethyl adjacent to an activating group) is 1. The Balaban J connectivity index is 2.21. The van der Waals surface area contributed by atoms with Crippen LogP contribution in [0.4, 0.5) is 11.8 Å². The molecule has 0 aliphatic carbocycles. The first kappa shape index (κ1) is 21.2. The molecule has 2 aromatic heterocycles. The number of halogens is 2. The van der Waals surface area contributed by atoms with Crippen LogP contribution in [0.5, 0.6) is 11.5 Å². The fourth-order valence-electron chi connectivity index (χ4n) is 2.74. The van der Waals surface area contributed by atoms with E-state index in [1.807, 2.05) is 19.0 Å². The first-order valence-corrected chi connectivity index (χ1v) is 9.47. The summed E-state index contributed by atoms with van der Waals surface area (Å²) in [6.07, 6.45) is 1.62. The molecule has 3 aromatic rings. The van der Waals surface area contributed by atoms with Crippen molar-refractivity contribution in [2.45, 2.75) is 0 Å². The molecule has 0 amide bonds. The summed E-state index contributed by atoms with van der Waals surface area (Å²) < 4.78 is 10.7. The van der Waals surface area contributed by atoms with Gasteiger partial charge < -0.3 is 30.4 Å². The predicted molar refractivity (Wildman–Crippen MR) is 117 cm³/mol. The number of fused-ring (bicyclic) bond motifs is 1. The van der Waals surface area contributed by atoms with Gasteiger partial charge in [-0.1, -0.05) is 23.2 Å². The van der Waals surface area contributed by atoms with Gasteiger partial charge in [-0.25, -0.2) is 9.97 Å². The van der Waals surface area contributed by atoms with Gasteiger partial charge in [-0.15, -0.1) is 0 Å². The number of ether oxygens (including phenoxy) is 2. The molecule has 0 spiro atoms. The van der Waals surface area contributed by atoms with Gasteiger partial charge in [0.2, 0.25) is 5.95 Å². The van der Waals surface area contributed by atoms with Gasteiger partial charge in [0.1, 0.15) is 11.5 Å². The third-order valence-electron chi connectivity index (χ3n) is 4.20. The molecule has 2 N–H and O–H groups in total. The van der Waals surface area contributed by atoms with Gasteiger partial charge in [-0.2, -0.15) is 0 Å². The summed E-state index contributed by atoms with van der Waals surface area (Å²) in [5.74, 6) is 1.42. The Kier molecular flexibility index (Phi) is 6.46. The smallest absolute Gasteiger partial charge is 0.220 e. The average Bonchev–Trinajstić information content (AvgIpc) is 2.68. The number of benzene rings is 1. The number of nitrogens with zero attached hydrogens (tertiary/aromatic N) is 5. The normalized spacial score (nSPS) is 11.1. The van der Waals surface area contributed by atoms with Crippen LogP contribution in [0.15, 0.2) is 18.3 Å². The van der Waals surface area contributed by atoms with Crippen LogP contribution in [-0.4, -0.2) is 61.3 Å². The van der Waals surface area contributed by atoms with E-state index in [1.54, 1.807) is 18.3 Å². The monoisotopic (exact) mass is 435 g/mol. The van der Waals surface area contributed by atoms with Crippen LogP contribution < -0.4 is 15.2 Å². The molecule has 0 saturated heterocycles. The summed E-state index contributed by atoms with van der Waals surface area (Å²) in [5, 5.41) is 5.95. The Bertz CT molecular complexity index is 1020. The van der Waals surface area contributed by atoms with Crippen molar-refractivity contribution < 1.29 is 9.47 Å². The van der Waals surface area contributed by atoms with Gasteiger partial charge >= 0.3 is 0 Å². The van der Waals surface area contributed by atoms with Crippen molar-refractivity contribution >= 4 is 45.9 Å². The third-order valence-corrected chi connectivity index (χ3v) is 4.96. The second kappa shape index (κ2) is 8.86.